The fraction of sp³-hybridized carbons (Fsp3) is 0.355. The van der Waals surface area contributed by atoms with Gasteiger partial charge in [-0.3, -0.25) is 14.1 Å². The normalized spacial score (nSPS) is 13.7. The molecule has 1 N–H and O–H groups in total. The summed E-state index contributed by atoms with van der Waals surface area (Å²) in [4.78, 5) is 0. The van der Waals surface area contributed by atoms with Gasteiger partial charge in [-0.05, 0) is 300 Å². The summed E-state index contributed by atoms with van der Waals surface area (Å²) in [6.45, 7) is 2.01. The van der Waals surface area contributed by atoms with Gasteiger partial charge in [-0.1, -0.05) is 370 Å². The monoisotopic (exact) mass is 3220 g/mol. The molecule has 0 heterocycles. The van der Waals surface area contributed by atoms with E-state index in [0.29, 0.717) is 26.2 Å². The second-order valence-corrected chi connectivity index (χ2v) is 50.2. The summed E-state index contributed by atoms with van der Waals surface area (Å²) < 4.78 is 29.3. The molecule has 0 aliphatic carbocycles. The van der Waals surface area contributed by atoms with Crippen molar-refractivity contribution in [1.82, 2.24) is 18.7 Å². The second-order valence-electron chi connectivity index (χ2n) is 38.7. The van der Waals surface area contributed by atoms with E-state index in [-0.39, 0.29) is 437 Å². The molecule has 13 aromatic carbocycles. The fourth-order valence-electron chi connectivity index (χ4n) is 21.4. The zero-order chi connectivity index (χ0) is 99.4. The van der Waals surface area contributed by atoms with Gasteiger partial charge < -0.3 is 72.2 Å². The summed E-state index contributed by atoms with van der Waals surface area (Å²) in [7, 11) is 19.3. The second kappa shape index (κ2) is 76.8. The van der Waals surface area contributed by atoms with Crippen molar-refractivity contribution in [2.45, 2.75) is 175 Å². The maximum Gasteiger partial charge on any atom is 0.0635 e. The quantitative estimate of drug-likeness (QED) is 0.0344. The van der Waals surface area contributed by atoms with Crippen molar-refractivity contribution in [3.05, 3.63) is 506 Å². The molecule has 11 atom stereocenters. The summed E-state index contributed by atoms with van der Waals surface area (Å²) in [5.74, 6) is 1.82. The Kier molecular flexibility index (Phi) is 74.1. The Labute approximate surface area is 1200 Å². The third-order valence-electron chi connectivity index (χ3n) is 29.2. The molecule has 0 spiro atoms. The number of benzene rings is 13. The summed E-state index contributed by atoms with van der Waals surface area (Å²) in [6.07, 6.45) is 12.3. The molecule has 0 bridgehead atoms. The number of nitrogens with one attached hydrogen (secondary N) is 1. The van der Waals surface area contributed by atoms with E-state index in [4.69, 9.17) is 49.9 Å². The van der Waals surface area contributed by atoms with E-state index in [0.717, 1.165) is 100 Å². The van der Waals surface area contributed by atoms with E-state index in [1.807, 2.05) is 63.4 Å². The van der Waals surface area contributed by atoms with Crippen LogP contribution in [-0.2, 0) is 39.0 Å². The van der Waals surface area contributed by atoms with Gasteiger partial charge in [0.25, 0.3) is 0 Å². The first-order valence-corrected chi connectivity index (χ1v) is 56.9. The third kappa shape index (κ3) is 44.0. The van der Waals surface area contributed by atoms with Gasteiger partial charge in [0.05, 0.1) is 26.2 Å². The first-order valence-electron chi connectivity index (χ1n) is 50.5. The maximum absolute atomic E-state index is 8.83. The van der Waals surface area contributed by atoms with Crippen molar-refractivity contribution in [2.24, 2.45) is 19.0 Å². The van der Waals surface area contributed by atoms with Crippen LogP contribution in [0.5, 0.6) is 0 Å². The van der Waals surface area contributed by atoms with E-state index in [2.05, 4.69) is 427 Å². The number of aryl methyl sites for hydroxylation is 1. The Bertz CT molecular complexity index is 6050. The Morgan fingerprint density at radius 2 is 0.393 bits per heavy atom. The molecule has 0 amide bonds. The molecule has 0 fully saturated rings. The summed E-state index contributed by atoms with van der Waals surface area (Å²) in [5, 5.41) is 32.9. The Morgan fingerprint density at radius 3 is 0.613 bits per heavy atom. The predicted octanol–water partition coefficient (Wildman–Crippen LogP) is 35.5. The minimum absolute atomic E-state index is 0. The number of hydrogen-bond acceptors (Lipinski definition) is 4. The molecule has 0 aromatic heterocycles. The number of nitrogens with zero attached hydrogens (tertiary/aromatic N) is 15. The topological polar surface area (TPSA) is 185 Å². The first kappa shape index (κ1) is 145. The zero-order valence-electron chi connectivity index (χ0n) is 91.3. The standard InChI is InChI=1S/C121H152N16P4.9Pr/c1-123-138(122,124-2)130-90-96-64-72-108(73-65-96)112(79-95-45-27-17-28-46-95)81-114(101-49-31-19-32-50-101)83-117(104-55-37-22-38-56-104)87-121(110-76-68-98(69-77-110)92-132-140(127-5,128-6)135(10)11)89-119(106-59-41-24-42-60-106)85-116(103-53-35-21-36-54-103)84-118(105-57-39-23-40-58-105)88-120(109-74-66-97(67-75-109)91-131-139(125-3,126-4)134(8)9)86-115(102-51-33-20-34-52-102)82-113(100-47-29-18-30-48-100)80-111(78-61-94-43-25-16-26-44-94)107-70-62-99(63-71-107)93-133-141(129-7,136(12)13)137(14)15;;;;;;;;;/h16-60,62-77,111-122H,61,78-93H2,1-15H3;;;;;;;;;/q-8;;;;;;;;;. The molecule has 0 aliphatic heterocycles. The van der Waals surface area contributed by atoms with Gasteiger partial charge in [-0.2, -0.15) is 64.3 Å². The molecule has 13 aromatic rings. The van der Waals surface area contributed by atoms with Crippen molar-refractivity contribution in [1.29, 1.82) is 0 Å². The van der Waals surface area contributed by atoms with Crippen LogP contribution in [0.1, 0.15) is 230 Å². The van der Waals surface area contributed by atoms with E-state index in [9.17, 15) is 0 Å². The molecule has 0 aliphatic rings. The van der Waals surface area contributed by atoms with Crippen molar-refractivity contribution in [3.8, 4) is 0 Å². The summed E-state index contributed by atoms with van der Waals surface area (Å²) >= 11 is 0. The average Bonchev–Trinajstić information content (AvgIpc) is 0.808. The number of hydrogen-bond donors (Lipinski definition) is 0. The van der Waals surface area contributed by atoms with Crippen LogP contribution in [0.4, 0.5) is 0 Å². The summed E-state index contributed by atoms with van der Waals surface area (Å²) in [6, 6.07) is 141. The van der Waals surface area contributed by atoms with Gasteiger partial charge in [-0.25, -0.2) is 0 Å². The van der Waals surface area contributed by atoms with E-state index >= 15 is 0 Å². The zero-order valence-corrected chi connectivity index (χ0v) is 128. The van der Waals surface area contributed by atoms with Crippen LogP contribution in [0.25, 0.3) is 41.1 Å². The largest absolute Gasteiger partial charge is 0.669 e. The van der Waals surface area contributed by atoms with Gasteiger partial charge in [-0.15, -0.1) is 0 Å². The van der Waals surface area contributed by atoms with Gasteiger partial charge >= 0.3 is 0 Å². The van der Waals surface area contributed by atoms with E-state index in [1.54, 1.807) is 14.1 Å². The number of rotatable bonds is 55. The molecule has 11 unspecified atom stereocenters. The molecule has 29 heteroatoms. The van der Waals surface area contributed by atoms with Crippen molar-refractivity contribution < 1.29 is 372 Å². The Balaban J connectivity index is 0.00000520. The van der Waals surface area contributed by atoms with Gasteiger partial charge in [0.15, 0.2) is 0 Å². The average molecular weight is 3220 g/mol. The molecule has 16 nitrogen and oxygen atoms in total. The Morgan fingerprint density at radius 1 is 0.200 bits per heavy atom. The minimum atomic E-state index is -2.83. The van der Waals surface area contributed by atoms with Crippen LogP contribution in [-0.4, -0.2) is 124 Å². The molecule has 13 rings (SSSR count). The first-order chi connectivity index (χ1) is 68.6. The van der Waals surface area contributed by atoms with Crippen LogP contribution in [0.15, 0.2) is 389 Å². The molecule has 771 valence electrons. The van der Waals surface area contributed by atoms with Crippen LogP contribution in [0.3, 0.4) is 0 Å². The molecular formula is C121H152N16P4Pr9-8. The van der Waals surface area contributed by atoms with E-state index < -0.39 is 30.0 Å². The van der Waals surface area contributed by atoms with Crippen LogP contribution >= 0.6 is 30.0 Å². The maximum atomic E-state index is 8.83. The van der Waals surface area contributed by atoms with Gasteiger partial charge in [0.2, 0.25) is 0 Å². The van der Waals surface area contributed by atoms with Crippen LogP contribution in [0, 0.1) is 372 Å². The summed E-state index contributed by atoms with van der Waals surface area (Å²) in [5.41, 5.74) is 31.0. The molecular weight excluding hydrogens is 3070 g/mol. The SMILES string of the molecule is C[N-]P([NH-])(=NCc1ccc(C(Cc2ccccc2)CC(CC(CC(CC(CC(CC(CC(CC(CC(CC(CCc2ccccc2)c2ccc(CN=P([N-]C)(N(C)C)N(C)C)cc2)c2ccccc2)c2ccccc2)c2ccc(CN=P([N-]C)([N-]C)N(C)C)cc2)c2ccccc2)c2ccccc2)c2ccccc2)c2ccc(CN=P([N-]C)([N-]C)N(C)C)cc2)c2ccccc2)c2ccccc2)cc1)[N-]C.[Pr].[Pr].[Pr].[Pr].[Pr].[Pr].[Pr].[Pr].[Pr]. The molecule has 0 saturated carbocycles. The van der Waals surface area contributed by atoms with Crippen LogP contribution < -0.4 is 0 Å². The van der Waals surface area contributed by atoms with Crippen molar-refractivity contribution >= 4 is 30.0 Å². The fourth-order valence-corrected chi connectivity index (χ4v) is 28.1. The third-order valence-corrected chi connectivity index (χ3v) is 39.4. The van der Waals surface area contributed by atoms with E-state index in [1.165, 1.54) is 77.9 Å². The van der Waals surface area contributed by atoms with Crippen molar-refractivity contribution in [3.63, 3.8) is 0 Å². The van der Waals surface area contributed by atoms with Crippen LogP contribution in [0.2, 0.25) is 0 Å². The molecule has 9 radical (unpaired) electrons. The predicted molar refractivity (Wildman–Crippen MR) is 608 cm³/mol. The van der Waals surface area contributed by atoms with Gasteiger partial charge in [0, 0.05) is 379 Å². The van der Waals surface area contributed by atoms with Crippen molar-refractivity contribution in [2.75, 3.05) is 106 Å². The molecule has 0 saturated heterocycles. The Hall–Kier alpha value is 2.57. The molecule has 150 heavy (non-hydrogen) atoms. The minimum Gasteiger partial charge on any atom is -0.669 e. The smallest absolute Gasteiger partial charge is 0.0635 e. The van der Waals surface area contributed by atoms with Gasteiger partial charge in [0.1, 0.15) is 0 Å².